The van der Waals surface area contributed by atoms with Crippen molar-refractivity contribution in [3.8, 4) is 11.4 Å². The molecule has 2 rings (SSSR count). The maximum Gasteiger partial charge on any atom is 0.163 e. The van der Waals surface area contributed by atoms with E-state index in [1.54, 1.807) is 13.4 Å². The summed E-state index contributed by atoms with van der Waals surface area (Å²) in [7, 11) is 1.71. The van der Waals surface area contributed by atoms with Gasteiger partial charge in [-0.25, -0.2) is 9.97 Å². The van der Waals surface area contributed by atoms with Crippen LogP contribution in [0, 0.1) is 20.8 Å². The number of ether oxygens (including phenoxy) is 1. The summed E-state index contributed by atoms with van der Waals surface area (Å²) >= 11 is 0. The molecule has 5 heteroatoms. The Hall–Kier alpha value is -1.72. The van der Waals surface area contributed by atoms with Gasteiger partial charge in [0.2, 0.25) is 0 Å². The monoisotopic (exact) mass is 289 g/mol. The van der Waals surface area contributed by atoms with Crippen LogP contribution >= 0.6 is 0 Å². The predicted octanol–water partition coefficient (Wildman–Crippen LogP) is 2.44. The van der Waals surface area contributed by atoms with E-state index in [0.717, 1.165) is 54.7 Å². The van der Waals surface area contributed by atoms with Crippen molar-refractivity contribution in [1.29, 1.82) is 0 Å². The fourth-order valence-corrected chi connectivity index (χ4v) is 2.35. The first-order chi connectivity index (χ1) is 10.1. The Balaban J connectivity index is 2.09. The maximum atomic E-state index is 5.33. The third-order valence-corrected chi connectivity index (χ3v) is 3.56. The minimum atomic E-state index is 0.729. The second kappa shape index (κ2) is 7.33. The largest absolute Gasteiger partial charge is 0.469 e. The smallest absolute Gasteiger partial charge is 0.163 e. The summed E-state index contributed by atoms with van der Waals surface area (Å²) < 4.78 is 10.3. The highest BCUT2D eigenvalue weighted by atomic mass is 16.5. The van der Waals surface area contributed by atoms with Crippen molar-refractivity contribution < 1.29 is 9.15 Å². The lowest BCUT2D eigenvalue weighted by atomic mass is 10.1. The van der Waals surface area contributed by atoms with Crippen molar-refractivity contribution in [2.24, 2.45) is 0 Å². The van der Waals surface area contributed by atoms with Gasteiger partial charge < -0.3 is 14.5 Å². The second-order valence-electron chi connectivity index (χ2n) is 5.08. The standard InChI is InChI=1S/C16H23N3O2/c1-11-14(5-7-17-8-10-20-4)12(2)19-16(18-11)15-6-9-21-13(15)3/h6,9,17H,5,7-8,10H2,1-4H3. The predicted molar refractivity (Wildman–Crippen MR) is 82.4 cm³/mol. The summed E-state index contributed by atoms with van der Waals surface area (Å²) in [5, 5.41) is 3.34. The summed E-state index contributed by atoms with van der Waals surface area (Å²) in [5.41, 5.74) is 4.24. The quantitative estimate of drug-likeness (QED) is 0.793. The molecule has 2 aromatic heterocycles. The molecule has 2 heterocycles. The number of aromatic nitrogens is 2. The van der Waals surface area contributed by atoms with Crippen molar-refractivity contribution in [3.05, 3.63) is 35.0 Å². The van der Waals surface area contributed by atoms with Gasteiger partial charge >= 0.3 is 0 Å². The van der Waals surface area contributed by atoms with Gasteiger partial charge in [-0.1, -0.05) is 0 Å². The van der Waals surface area contributed by atoms with Gasteiger partial charge in [-0.2, -0.15) is 0 Å². The molecule has 0 aliphatic carbocycles. The van der Waals surface area contributed by atoms with Crippen LogP contribution in [0.3, 0.4) is 0 Å². The van der Waals surface area contributed by atoms with Gasteiger partial charge in [0.05, 0.1) is 18.4 Å². The number of hydrogen-bond acceptors (Lipinski definition) is 5. The third kappa shape index (κ3) is 3.89. The molecule has 114 valence electrons. The van der Waals surface area contributed by atoms with E-state index < -0.39 is 0 Å². The number of aryl methyl sites for hydroxylation is 3. The van der Waals surface area contributed by atoms with Crippen molar-refractivity contribution in [3.63, 3.8) is 0 Å². The van der Waals surface area contributed by atoms with Crippen LogP contribution in [-0.4, -0.2) is 36.8 Å². The molecule has 0 atom stereocenters. The average molecular weight is 289 g/mol. The second-order valence-corrected chi connectivity index (χ2v) is 5.08. The molecule has 5 nitrogen and oxygen atoms in total. The number of furan rings is 1. The molecular formula is C16H23N3O2. The number of rotatable bonds is 7. The van der Waals surface area contributed by atoms with Gasteiger partial charge in [0, 0.05) is 25.0 Å². The highest BCUT2D eigenvalue weighted by molar-refractivity contribution is 5.57. The van der Waals surface area contributed by atoms with Crippen molar-refractivity contribution in [2.45, 2.75) is 27.2 Å². The molecule has 0 saturated heterocycles. The normalized spacial score (nSPS) is 11.0. The molecule has 0 spiro atoms. The highest BCUT2D eigenvalue weighted by Crippen LogP contribution is 2.23. The fourth-order valence-electron chi connectivity index (χ4n) is 2.35. The van der Waals surface area contributed by atoms with Crippen molar-refractivity contribution in [2.75, 3.05) is 26.8 Å². The minimum absolute atomic E-state index is 0.729. The first-order valence-electron chi connectivity index (χ1n) is 7.21. The Morgan fingerprint density at radius 3 is 2.43 bits per heavy atom. The molecule has 0 aliphatic rings. The Bertz CT molecular complexity index is 570. The summed E-state index contributed by atoms with van der Waals surface area (Å²) in [5.74, 6) is 1.59. The minimum Gasteiger partial charge on any atom is -0.469 e. The Kier molecular flexibility index (Phi) is 5.47. The molecule has 2 aromatic rings. The molecule has 0 fully saturated rings. The zero-order valence-electron chi connectivity index (χ0n) is 13.2. The summed E-state index contributed by atoms with van der Waals surface area (Å²) in [4.78, 5) is 9.26. The van der Waals surface area contributed by atoms with Crippen LogP contribution in [0.4, 0.5) is 0 Å². The van der Waals surface area contributed by atoms with E-state index in [1.807, 2.05) is 26.8 Å². The summed E-state index contributed by atoms with van der Waals surface area (Å²) in [6, 6.07) is 1.91. The van der Waals surface area contributed by atoms with E-state index in [1.165, 1.54) is 5.56 Å². The van der Waals surface area contributed by atoms with Gasteiger partial charge in [-0.15, -0.1) is 0 Å². The molecule has 0 radical (unpaired) electrons. The van der Waals surface area contributed by atoms with Crippen LogP contribution in [0.2, 0.25) is 0 Å². The van der Waals surface area contributed by atoms with E-state index in [2.05, 4.69) is 15.3 Å². The van der Waals surface area contributed by atoms with E-state index >= 15 is 0 Å². The fraction of sp³-hybridized carbons (Fsp3) is 0.500. The van der Waals surface area contributed by atoms with E-state index in [0.29, 0.717) is 0 Å². The number of methoxy groups -OCH3 is 1. The number of nitrogens with zero attached hydrogens (tertiary/aromatic N) is 2. The van der Waals surface area contributed by atoms with Gasteiger partial charge in [0.25, 0.3) is 0 Å². The van der Waals surface area contributed by atoms with Crippen LogP contribution in [-0.2, 0) is 11.2 Å². The van der Waals surface area contributed by atoms with Crippen molar-refractivity contribution >= 4 is 0 Å². The van der Waals surface area contributed by atoms with E-state index in [9.17, 15) is 0 Å². The number of hydrogen-bond donors (Lipinski definition) is 1. The first-order valence-corrected chi connectivity index (χ1v) is 7.21. The van der Waals surface area contributed by atoms with Gasteiger partial charge in [0.1, 0.15) is 5.76 Å². The molecule has 0 aliphatic heterocycles. The lowest BCUT2D eigenvalue weighted by molar-refractivity contribution is 0.199. The van der Waals surface area contributed by atoms with Gasteiger partial charge in [-0.3, -0.25) is 0 Å². The van der Waals surface area contributed by atoms with Gasteiger partial charge in [-0.05, 0) is 45.4 Å². The van der Waals surface area contributed by atoms with Crippen LogP contribution in [0.1, 0.15) is 22.7 Å². The summed E-state index contributed by atoms with van der Waals surface area (Å²) in [6.45, 7) is 8.50. The van der Waals surface area contributed by atoms with Crippen LogP contribution < -0.4 is 5.32 Å². The SMILES string of the molecule is COCCNCCc1c(C)nc(-c2ccoc2C)nc1C. The van der Waals surface area contributed by atoms with E-state index in [-0.39, 0.29) is 0 Å². The van der Waals surface area contributed by atoms with Crippen molar-refractivity contribution in [1.82, 2.24) is 15.3 Å². The van der Waals surface area contributed by atoms with Crippen LogP contribution in [0.15, 0.2) is 16.7 Å². The third-order valence-electron chi connectivity index (χ3n) is 3.56. The molecular weight excluding hydrogens is 266 g/mol. The molecule has 1 N–H and O–H groups in total. The van der Waals surface area contributed by atoms with E-state index in [4.69, 9.17) is 9.15 Å². The first kappa shape index (κ1) is 15.7. The average Bonchev–Trinajstić information content (AvgIpc) is 2.87. The molecule has 0 amide bonds. The zero-order valence-corrected chi connectivity index (χ0v) is 13.2. The van der Waals surface area contributed by atoms with Crippen LogP contribution in [0.25, 0.3) is 11.4 Å². The molecule has 0 saturated carbocycles. The van der Waals surface area contributed by atoms with Crippen LogP contribution in [0.5, 0.6) is 0 Å². The molecule has 21 heavy (non-hydrogen) atoms. The Morgan fingerprint density at radius 2 is 1.86 bits per heavy atom. The lowest BCUT2D eigenvalue weighted by Crippen LogP contribution is -2.22. The Morgan fingerprint density at radius 1 is 1.14 bits per heavy atom. The molecule has 0 unspecified atom stereocenters. The molecule has 0 aromatic carbocycles. The Labute approximate surface area is 125 Å². The van der Waals surface area contributed by atoms with Gasteiger partial charge in [0.15, 0.2) is 5.82 Å². The topological polar surface area (TPSA) is 60.2 Å². The lowest BCUT2D eigenvalue weighted by Gasteiger charge is -2.11. The zero-order chi connectivity index (χ0) is 15.2. The highest BCUT2D eigenvalue weighted by Gasteiger charge is 2.12. The molecule has 0 bridgehead atoms. The number of nitrogens with one attached hydrogen (secondary N) is 1. The maximum absolute atomic E-state index is 5.33. The summed E-state index contributed by atoms with van der Waals surface area (Å²) in [6.07, 6.45) is 2.60.